The molecule has 0 radical (unpaired) electrons. The monoisotopic (exact) mass is 410 g/mol. The average Bonchev–Trinajstić information content (AvgIpc) is 2.51. The lowest BCUT2D eigenvalue weighted by molar-refractivity contribution is -0.314. The van der Waals surface area contributed by atoms with Crippen molar-refractivity contribution in [1.82, 2.24) is 5.32 Å². The molecule has 12 heteroatoms. The van der Waals surface area contributed by atoms with Gasteiger partial charge in [0, 0.05) is 18.8 Å². The third-order valence-electron chi connectivity index (χ3n) is 3.84. The molecule has 154 valence electrons. The molecular weight excluding hydrogens is 395 g/mol. The van der Waals surface area contributed by atoms with Gasteiger partial charge in [0.2, 0.25) is 0 Å². The fourth-order valence-electron chi connectivity index (χ4n) is 2.45. The lowest BCUT2D eigenvalue weighted by atomic mass is 9.87. The Kier molecular flexibility index (Phi) is 6.33. The number of anilines is 1. The van der Waals surface area contributed by atoms with Crippen LogP contribution in [0.3, 0.4) is 0 Å². The third kappa shape index (κ3) is 4.41. The highest BCUT2D eigenvalue weighted by atomic mass is 19.4. The van der Waals surface area contributed by atoms with Gasteiger partial charge in [0.1, 0.15) is 0 Å². The van der Waals surface area contributed by atoms with Crippen LogP contribution in [0, 0.1) is 0 Å². The minimum absolute atomic E-state index is 0.116. The smallest absolute Gasteiger partial charge is 0.372 e. The zero-order chi connectivity index (χ0) is 21.3. The first-order valence-electron chi connectivity index (χ1n) is 7.50. The Labute approximate surface area is 148 Å². The van der Waals surface area contributed by atoms with Gasteiger partial charge >= 0.3 is 24.4 Å². The molecular formula is C15H15F9N2O. The SMILES string of the molecule is CCN(CC)c1ccc(C(NC(=O)C(F)(F)F)(C(F)(F)F)C(F)(F)F)cc1. The van der Waals surface area contributed by atoms with Crippen molar-refractivity contribution in [2.45, 2.75) is 37.9 Å². The number of carbonyl (C=O) groups is 1. The standard InChI is InChI=1S/C15H15F9N2O/c1-3-26(4-2)10-7-5-9(6-8-10)12(14(19,20)21,15(22,23)24)25-11(27)13(16,17)18/h5-8H,3-4H2,1-2H3,(H,25,27). The highest BCUT2D eigenvalue weighted by Gasteiger charge is 2.73. The number of nitrogens with zero attached hydrogens (tertiary/aromatic N) is 1. The first-order chi connectivity index (χ1) is 12.1. The summed E-state index contributed by atoms with van der Waals surface area (Å²) < 4.78 is 117. The molecule has 0 bridgehead atoms. The van der Waals surface area contributed by atoms with E-state index in [9.17, 15) is 44.3 Å². The number of nitrogens with one attached hydrogen (secondary N) is 1. The van der Waals surface area contributed by atoms with Crippen molar-refractivity contribution >= 4 is 11.6 Å². The van der Waals surface area contributed by atoms with Crippen molar-refractivity contribution in [1.29, 1.82) is 0 Å². The molecule has 1 aromatic carbocycles. The van der Waals surface area contributed by atoms with Gasteiger partial charge in [0.05, 0.1) is 0 Å². The quantitative estimate of drug-likeness (QED) is 0.724. The van der Waals surface area contributed by atoms with E-state index in [-0.39, 0.29) is 11.0 Å². The van der Waals surface area contributed by atoms with E-state index in [4.69, 9.17) is 0 Å². The van der Waals surface area contributed by atoms with E-state index < -0.39 is 35.5 Å². The van der Waals surface area contributed by atoms with Crippen molar-refractivity contribution in [3.05, 3.63) is 29.8 Å². The molecule has 0 saturated carbocycles. The summed E-state index contributed by atoms with van der Waals surface area (Å²) in [5.41, 5.74) is -6.53. The first kappa shape index (κ1) is 22.9. The van der Waals surface area contributed by atoms with Crippen molar-refractivity contribution in [2.75, 3.05) is 18.0 Å². The van der Waals surface area contributed by atoms with Crippen LogP contribution in [0.1, 0.15) is 19.4 Å². The van der Waals surface area contributed by atoms with E-state index in [0.29, 0.717) is 25.2 Å². The Hall–Kier alpha value is -2.14. The molecule has 1 N–H and O–H groups in total. The summed E-state index contributed by atoms with van der Waals surface area (Å²) in [5.74, 6) is -3.36. The van der Waals surface area contributed by atoms with Gasteiger partial charge in [0.15, 0.2) is 0 Å². The lowest BCUT2D eigenvalue weighted by Crippen LogP contribution is -2.66. The molecule has 0 aliphatic rings. The van der Waals surface area contributed by atoms with E-state index >= 15 is 0 Å². The van der Waals surface area contributed by atoms with Crippen LogP contribution in [0.25, 0.3) is 0 Å². The normalized spacial score (nSPS) is 13.4. The number of rotatable bonds is 5. The van der Waals surface area contributed by atoms with Crippen molar-refractivity contribution in [3.8, 4) is 0 Å². The van der Waals surface area contributed by atoms with Gasteiger partial charge in [-0.25, -0.2) is 0 Å². The summed E-state index contributed by atoms with van der Waals surface area (Å²) in [6.45, 7) is 4.17. The van der Waals surface area contributed by atoms with Gasteiger partial charge in [-0.2, -0.15) is 39.5 Å². The van der Waals surface area contributed by atoms with Gasteiger partial charge in [-0.3, -0.25) is 4.79 Å². The van der Waals surface area contributed by atoms with Crippen LogP contribution < -0.4 is 10.2 Å². The second-order valence-corrected chi connectivity index (χ2v) is 5.42. The molecule has 0 heterocycles. The minimum atomic E-state index is -6.29. The Morgan fingerprint density at radius 3 is 1.56 bits per heavy atom. The topological polar surface area (TPSA) is 32.3 Å². The van der Waals surface area contributed by atoms with E-state index in [1.165, 1.54) is 0 Å². The van der Waals surface area contributed by atoms with E-state index in [0.717, 1.165) is 12.1 Å². The van der Waals surface area contributed by atoms with Crippen LogP contribution >= 0.6 is 0 Å². The molecule has 1 aromatic rings. The Balaban J connectivity index is 3.61. The zero-order valence-corrected chi connectivity index (χ0v) is 14.0. The molecule has 0 aromatic heterocycles. The Morgan fingerprint density at radius 2 is 1.26 bits per heavy atom. The number of hydrogen-bond donors (Lipinski definition) is 1. The van der Waals surface area contributed by atoms with Crippen LogP contribution in [-0.2, 0) is 10.3 Å². The van der Waals surface area contributed by atoms with Gasteiger partial charge < -0.3 is 10.2 Å². The summed E-state index contributed by atoms with van der Waals surface area (Å²) in [6.07, 6.45) is -18.5. The maximum absolute atomic E-state index is 13.4. The molecule has 0 aliphatic heterocycles. The van der Waals surface area contributed by atoms with E-state index in [1.807, 2.05) is 0 Å². The fraction of sp³-hybridized carbons (Fsp3) is 0.533. The molecule has 3 nitrogen and oxygen atoms in total. The van der Waals surface area contributed by atoms with E-state index in [2.05, 4.69) is 0 Å². The fourth-order valence-corrected chi connectivity index (χ4v) is 2.45. The number of amides is 1. The summed E-state index contributed by atoms with van der Waals surface area (Å²) in [6, 6.07) is 2.61. The molecule has 0 spiro atoms. The van der Waals surface area contributed by atoms with Crippen LogP contribution in [-0.4, -0.2) is 37.5 Å². The summed E-state index contributed by atoms with van der Waals surface area (Å²) in [5, 5.41) is 0.116. The van der Waals surface area contributed by atoms with Crippen LogP contribution in [0.5, 0.6) is 0 Å². The minimum Gasteiger partial charge on any atom is -0.372 e. The molecule has 0 atom stereocenters. The average molecular weight is 410 g/mol. The van der Waals surface area contributed by atoms with Crippen LogP contribution in [0.2, 0.25) is 0 Å². The van der Waals surface area contributed by atoms with Crippen molar-refractivity contribution in [3.63, 3.8) is 0 Å². The summed E-state index contributed by atoms with van der Waals surface area (Å²) >= 11 is 0. The summed E-state index contributed by atoms with van der Waals surface area (Å²) in [4.78, 5) is 12.6. The molecule has 27 heavy (non-hydrogen) atoms. The van der Waals surface area contributed by atoms with Crippen LogP contribution in [0.4, 0.5) is 45.2 Å². The second-order valence-electron chi connectivity index (χ2n) is 5.42. The van der Waals surface area contributed by atoms with Gasteiger partial charge in [-0.1, -0.05) is 12.1 Å². The predicted molar refractivity (Wildman–Crippen MR) is 78.0 cm³/mol. The second kappa shape index (κ2) is 7.47. The number of halogens is 9. The largest absolute Gasteiger partial charge is 0.471 e. The van der Waals surface area contributed by atoms with Gasteiger partial charge in [-0.15, -0.1) is 0 Å². The number of hydrogen-bond acceptors (Lipinski definition) is 2. The molecule has 1 rings (SSSR count). The van der Waals surface area contributed by atoms with Crippen LogP contribution in [0.15, 0.2) is 24.3 Å². The Bertz CT molecular complexity index is 629. The number of benzene rings is 1. The highest BCUT2D eigenvalue weighted by Crippen LogP contribution is 2.50. The van der Waals surface area contributed by atoms with Gasteiger partial charge in [-0.05, 0) is 31.5 Å². The molecule has 0 fully saturated rings. The third-order valence-corrected chi connectivity index (χ3v) is 3.84. The number of carbonyl (C=O) groups excluding carboxylic acids is 1. The molecule has 0 unspecified atom stereocenters. The maximum atomic E-state index is 13.4. The maximum Gasteiger partial charge on any atom is 0.471 e. The molecule has 0 saturated heterocycles. The Morgan fingerprint density at radius 1 is 0.852 bits per heavy atom. The summed E-state index contributed by atoms with van der Waals surface area (Å²) in [7, 11) is 0. The number of alkyl halides is 9. The van der Waals surface area contributed by atoms with E-state index in [1.54, 1.807) is 18.7 Å². The zero-order valence-electron chi connectivity index (χ0n) is 14.0. The molecule has 0 aliphatic carbocycles. The highest BCUT2D eigenvalue weighted by molar-refractivity contribution is 5.83. The molecule has 1 amide bonds. The first-order valence-corrected chi connectivity index (χ1v) is 7.50. The van der Waals surface area contributed by atoms with Crippen molar-refractivity contribution < 1.29 is 44.3 Å². The van der Waals surface area contributed by atoms with Gasteiger partial charge in [0.25, 0.3) is 5.54 Å². The lowest BCUT2D eigenvalue weighted by Gasteiger charge is -2.38. The predicted octanol–water partition coefficient (Wildman–Crippen LogP) is 4.53. The van der Waals surface area contributed by atoms with Crippen molar-refractivity contribution in [2.24, 2.45) is 0 Å².